The molecule has 0 saturated heterocycles. The Hall–Kier alpha value is -3.35. The van der Waals surface area contributed by atoms with Gasteiger partial charge in [-0.2, -0.15) is 10.5 Å². The summed E-state index contributed by atoms with van der Waals surface area (Å²) in [7, 11) is 0. The predicted molar refractivity (Wildman–Crippen MR) is 64.7 cm³/mol. The van der Waals surface area contributed by atoms with Crippen LogP contribution in [0, 0.1) is 23.0 Å². The molecule has 0 radical (unpaired) electrons. The molecule has 2 rings (SSSR count). The van der Waals surface area contributed by atoms with E-state index in [0.717, 1.165) is 12.3 Å². The minimum atomic E-state index is -1.54. The molecule has 10 heteroatoms. The molecule has 21 heavy (non-hydrogen) atoms. The van der Waals surface area contributed by atoms with Crippen molar-refractivity contribution in [1.29, 1.82) is 5.26 Å². The minimum absolute atomic E-state index is 0.0361. The van der Waals surface area contributed by atoms with Crippen LogP contribution in [0.2, 0.25) is 0 Å². The largest absolute Gasteiger partial charge is 0.478 e. The molecular formula is C11H6F2N6O2. The first kappa shape index (κ1) is 14.1. The van der Waals surface area contributed by atoms with Crippen LogP contribution in [0.25, 0.3) is 5.57 Å². The van der Waals surface area contributed by atoms with Gasteiger partial charge in [0, 0.05) is 12.3 Å². The first-order chi connectivity index (χ1) is 10.0. The van der Waals surface area contributed by atoms with E-state index in [0.29, 0.717) is 6.07 Å². The van der Waals surface area contributed by atoms with Crippen LogP contribution in [-0.4, -0.2) is 31.7 Å². The van der Waals surface area contributed by atoms with Crippen LogP contribution in [0.1, 0.15) is 16.2 Å². The number of carboxylic acids is 1. The Labute approximate surface area is 115 Å². The minimum Gasteiger partial charge on any atom is -0.478 e. The summed E-state index contributed by atoms with van der Waals surface area (Å²) < 4.78 is 26.8. The molecule has 2 aromatic rings. The van der Waals surface area contributed by atoms with E-state index in [1.54, 1.807) is 6.07 Å². The molecule has 0 fully saturated rings. The standard InChI is InChI=1S/C11H6F2N6O2/c12-7-2-8(13)9(1-6(7)11(20)21)15-4-5(3-14)10-16-18-19-17-10/h1-2,4,15H,(H,20,21)(H,16,17,18,19). The number of carbonyl (C=O) groups is 1. The maximum absolute atomic E-state index is 13.5. The third-order valence-electron chi connectivity index (χ3n) is 2.37. The van der Waals surface area contributed by atoms with Crippen LogP contribution in [-0.2, 0) is 0 Å². The van der Waals surface area contributed by atoms with Crippen molar-refractivity contribution in [3.05, 3.63) is 41.4 Å². The van der Waals surface area contributed by atoms with Gasteiger partial charge < -0.3 is 10.4 Å². The van der Waals surface area contributed by atoms with Crippen molar-refractivity contribution in [2.24, 2.45) is 0 Å². The Morgan fingerprint density at radius 2 is 2.19 bits per heavy atom. The highest BCUT2D eigenvalue weighted by Gasteiger charge is 2.15. The van der Waals surface area contributed by atoms with E-state index < -0.39 is 23.2 Å². The van der Waals surface area contributed by atoms with Crippen molar-refractivity contribution in [3.8, 4) is 6.07 Å². The number of carboxylic acid groups (broad SMARTS) is 1. The molecule has 0 spiro atoms. The fraction of sp³-hybridized carbons (Fsp3) is 0. The quantitative estimate of drug-likeness (QED) is 0.721. The zero-order valence-electron chi connectivity index (χ0n) is 10.1. The molecule has 0 amide bonds. The lowest BCUT2D eigenvalue weighted by Gasteiger charge is -2.05. The molecule has 8 nitrogen and oxygen atoms in total. The lowest BCUT2D eigenvalue weighted by Crippen LogP contribution is -2.04. The van der Waals surface area contributed by atoms with Crippen molar-refractivity contribution in [2.45, 2.75) is 0 Å². The first-order valence-electron chi connectivity index (χ1n) is 5.36. The summed E-state index contributed by atoms with van der Waals surface area (Å²) in [5.41, 5.74) is -1.10. The van der Waals surface area contributed by atoms with Crippen LogP contribution >= 0.6 is 0 Å². The number of hydrogen-bond acceptors (Lipinski definition) is 6. The molecule has 0 aliphatic rings. The molecule has 1 aromatic heterocycles. The van der Waals surface area contributed by atoms with Crippen molar-refractivity contribution in [1.82, 2.24) is 20.6 Å². The van der Waals surface area contributed by atoms with Gasteiger partial charge in [0.25, 0.3) is 0 Å². The summed E-state index contributed by atoms with van der Waals surface area (Å²) in [6.45, 7) is 0. The molecule has 1 aromatic carbocycles. The second-order valence-electron chi connectivity index (χ2n) is 3.67. The van der Waals surface area contributed by atoms with Crippen molar-refractivity contribution >= 4 is 17.2 Å². The Kier molecular flexibility index (Phi) is 3.85. The number of rotatable bonds is 4. The van der Waals surface area contributed by atoms with Gasteiger partial charge in [-0.15, -0.1) is 10.2 Å². The van der Waals surface area contributed by atoms with E-state index >= 15 is 0 Å². The summed E-state index contributed by atoms with van der Waals surface area (Å²) in [6.07, 6.45) is 1.05. The van der Waals surface area contributed by atoms with Crippen LogP contribution in [0.5, 0.6) is 0 Å². The maximum atomic E-state index is 13.5. The zero-order chi connectivity index (χ0) is 15.4. The SMILES string of the molecule is N#CC(=CNc1cc(C(=O)O)c(F)cc1F)c1nn[nH]n1. The van der Waals surface area contributed by atoms with Crippen molar-refractivity contribution in [2.75, 3.05) is 5.32 Å². The van der Waals surface area contributed by atoms with Gasteiger partial charge in [-0.3, -0.25) is 0 Å². The van der Waals surface area contributed by atoms with Crippen molar-refractivity contribution in [3.63, 3.8) is 0 Å². The molecule has 0 unspecified atom stereocenters. The second-order valence-corrected chi connectivity index (χ2v) is 3.67. The van der Waals surface area contributed by atoms with E-state index in [9.17, 15) is 13.6 Å². The number of H-pyrrole nitrogens is 1. The number of halogens is 2. The smallest absolute Gasteiger partial charge is 0.338 e. The van der Waals surface area contributed by atoms with Gasteiger partial charge in [-0.05, 0) is 11.3 Å². The maximum Gasteiger partial charge on any atom is 0.338 e. The van der Waals surface area contributed by atoms with Crippen molar-refractivity contribution < 1.29 is 18.7 Å². The Morgan fingerprint density at radius 1 is 1.43 bits per heavy atom. The number of benzene rings is 1. The van der Waals surface area contributed by atoms with Gasteiger partial charge >= 0.3 is 5.97 Å². The molecule has 0 aliphatic carbocycles. The molecule has 0 aliphatic heterocycles. The van der Waals surface area contributed by atoms with Crippen LogP contribution in [0.3, 0.4) is 0 Å². The number of anilines is 1. The highest BCUT2D eigenvalue weighted by Crippen LogP contribution is 2.20. The second kappa shape index (κ2) is 5.74. The summed E-state index contributed by atoms with van der Waals surface area (Å²) >= 11 is 0. The Morgan fingerprint density at radius 3 is 2.76 bits per heavy atom. The normalized spacial score (nSPS) is 11.0. The van der Waals surface area contributed by atoms with E-state index in [-0.39, 0.29) is 17.1 Å². The summed E-state index contributed by atoms with van der Waals surface area (Å²) in [5.74, 6) is -3.79. The highest BCUT2D eigenvalue weighted by molar-refractivity contribution is 5.89. The molecule has 0 saturated carbocycles. The Balaban J connectivity index is 2.34. The fourth-order valence-electron chi connectivity index (χ4n) is 1.40. The van der Waals surface area contributed by atoms with Crippen LogP contribution < -0.4 is 5.32 Å². The average Bonchev–Trinajstić information content (AvgIpc) is 2.95. The third kappa shape index (κ3) is 2.98. The van der Waals surface area contributed by atoms with Gasteiger partial charge in [0.05, 0.1) is 11.3 Å². The predicted octanol–water partition coefficient (Wildman–Crippen LogP) is 1.15. The monoisotopic (exact) mass is 292 g/mol. The molecule has 1 heterocycles. The van der Waals surface area contributed by atoms with Gasteiger partial charge in [0.1, 0.15) is 23.3 Å². The summed E-state index contributed by atoms with van der Waals surface area (Å²) in [5, 5.41) is 32.5. The third-order valence-corrected chi connectivity index (χ3v) is 2.37. The molecule has 0 atom stereocenters. The average molecular weight is 292 g/mol. The number of hydrogen-bond donors (Lipinski definition) is 3. The molecule has 3 N–H and O–H groups in total. The number of aromatic carboxylic acids is 1. The fourth-order valence-corrected chi connectivity index (χ4v) is 1.40. The van der Waals surface area contributed by atoms with E-state index in [1.807, 2.05) is 0 Å². The van der Waals surface area contributed by atoms with E-state index in [2.05, 4.69) is 25.9 Å². The van der Waals surface area contributed by atoms with E-state index in [4.69, 9.17) is 10.4 Å². The number of tetrazole rings is 1. The number of nitrogens with zero attached hydrogens (tertiary/aromatic N) is 4. The highest BCUT2D eigenvalue weighted by atomic mass is 19.1. The lowest BCUT2D eigenvalue weighted by atomic mass is 10.1. The number of nitrogens with one attached hydrogen (secondary N) is 2. The zero-order valence-corrected chi connectivity index (χ0v) is 10.1. The summed E-state index contributed by atoms with van der Waals surface area (Å²) in [6, 6.07) is 2.95. The number of nitriles is 1. The van der Waals surface area contributed by atoms with Crippen LogP contribution in [0.15, 0.2) is 18.3 Å². The molecule has 0 bridgehead atoms. The summed E-state index contributed by atoms with van der Waals surface area (Å²) in [4.78, 5) is 10.8. The van der Waals surface area contributed by atoms with E-state index in [1.165, 1.54) is 0 Å². The first-order valence-corrected chi connectivity index (χ1v) is 5.36. The number of aromatic nitrogens is 4. The topological polar surface area (TPSA) is 128 Å². The van der Waals surface area contributed by atoms with Gasteiger partial charge in [0.15, 0.2) is 0 Å². The Bertz CT molecular complexity index is 751. The number of aromatic amines is 1. The van der Waals surface area contributed by atoms with Crippen LogP contribution in [0.4, 0.5) is 14.5 Å². The molecular weight excluding hydrogens is 286 g/mol. The molecule has 106 valence electrons. The van der Waals surface area contributed by atoms with Gasteiger partial charge in [-0.1, -0.05) is 0 Å². The van der Waals surface area contributed by atoms with Gasteiger partial charge in [-0.25, -0.2) is 13.6 Å². The number of allylic oxidation sites excluding steroid dienone is 1. The van der Waals surface area contributed by atoms with Gasteiger partial charge in [0.2, 0.25) is 5.82 Å². The lowest BCUT2D eigenvalue weighted by molar-refractivity contribution is 0.0692.